The third-order valence-corrected chi connectivity index (χ3v) is 8.27. The zero-order chi connectivity index (χ0) is 26.9. The van der Waals surface area contributed by atoms with Crippen LogP contribution in [-0.2, 0) is 30.5 Å². The van der Waals surface area contributed by atoms with Crippen LogP contribution < -0.4 is 5.32 Å². The van der Waals surface area contributed by atoms with Crippen LogP contribution in [0.25, 0.3) is 0 Å². The summed E-state index contributed by atoms with van der Waals surface area (Å²) in [4.78, 5) is 38.1. The minimum absolute atomic E-state index is 0.00653. The highest BCUT2D eigenvalue weighted by Crippen LogP contribution is 2.66. The van der Waals surface area contributed by atoms with Crippen LogP contribution in [0, 0.1) is 16.7 Å². The summed E-state index contributed by atoms with van der Waals surface area (Å²) in [5.41, 5.74) is 1.41. The van der Waals surface area contributed by atoms with E-state index in [0.717, 1.165) is 24.8 Å². The molecule has 2 unspecified atom stereocenters. The molecule has 1 amide bonds. The highest BCUT2D eigenvalue weighted by atomic mass is 16.6. The lowest BCUT2D eigenvalue weighted by atomic mass is 9.43. The molecule has 0 heterocycles. The first kappa shape index (κ1) is 27.6. The van der Waals surface area contributed by atoms with Gasteiger partial charge in [0.05, 0.1) is 34.0 Å². The maximum Gasteiger partial charge on any atom is 0.310 e. The Morgan fingerprint density at radius 2 is 1.59 bits per heavy atom. The van der Waals surface area contributed by atoms with Gasteiger partial charge < -0.3 is 19.3 Å². The second-order valence-electron chi connectivity index (χ2n) is 13.9. The first-order valence-corrected chi connectivity index (χ1v) is 13.8. The minimum Gasteiger partial charge on any atom is -0.461 e. The normalized spacial score (nSPS) is 31.0. The fourth-order valence-electron chi connectivity index (χ4n) is 8.14. The Kier molecular flexibility index (Phi) is 7.76. The van der Waals surface area contributed by atoms with E-state index in [4.69, 9.17) is 9.47 Å². The molecule has 5 rings (SSSR count). The molecule has 4 fully saturated rings. The molecular formula is C30H45N2O5+. The molecule has 4 bridgehead atoms. The molecule has 4 saturated carbocycles. The zero-order valence-corrected chi connectivity index (χ0v) is 23.3. The number of quaternary nitrogens is 1. The van der Waals surface area contributed by atoms with Crippen LogP contribution in [0.4, 0.5) is 0 Å². The summed E-state index contributed by atoms with van der Waals surface area (Å²) in [5.74, 6) is -0.239. The Hall–Kier alpha value is -2.41. The first-order valence-electron chi connectivity index (χ1n) is 13.8. The second kappa shape index (κ2) is 10.4. The smallest absolute Gasteiger partial charge is 0.310 e. The topological polar surface area (TPSA) is 81.7 Å². The lowest BCUT2D eigenvalue weighted by Gasteiger charge is -2.65. The van der Waals surface area contributed by atoms with Crippen molar-refractivity contribution in [3.8, 4) is 0 Å². The van der Waals surface area contributed by atoms with E-state index in [1.807, 2.05) is 51.5 Å². The van der Waals surface area contributed by atoms with Crippen molar-refractivity contribution in [3.63, 3.8) is 0 Å². The average Bonchev–Trinajstić information content (AvgIpc) is 2.73. The SMILES string of the molecule is C[C@]12CC3CC(NC(=O)CCC(=O)O[C@H](CC(=O)OCc4ccccc4)C[N+](C)(C)C)(C1)C[C@@](C)(C3)C2. The van der Waals surface area contributed by atoms with Gasteiger partial charge in [-0.3, -0.25) is 14.4 Å². The molecule has 0 aliphatic heterocycles. The Bertz CT molecular complexity index is 983. The number of benzene rings is 1. The highest BCUT2D eigenvalue weighted by Gasteiger charge is 2.60. The average molecular weight is 514 g/mol. The summed E-state index contributed by atoms with van der Waals surface area (Å²) in [6, 6.07) is 9.49. The lowest BCUT2D eigenvalue weighted by molar-refractivity contribution is -0.873. The molecule has 7 nitrogen and oxygen atoms in total. The summed E-state index contributed by atoms with van der Waals surface area (Å²) in [7, 11) is 5.95. The van der Waals surface area contributed by atoms with Crippen molar-refractivity contribution in [2.45, 2.75) is 89.9 Å². The Morgan fingerprint density at radius 1 is 0.946 bits per heavy atom. The number of carbonyl (C=O) groups excluding carboxylic acids is 3. The fourth-order valence-corrected chi connectivity index (χ4v) is 8.14. The van der Waals surface area contributed by atoms with Crippen LogP contribution in [0.5, 0.6) is 0 Å². The maximum atomic E-state index is 13.0. The van der Waals surface area contributed by atoms with Gasteiger partial charge in [0.15, 0.2) is 6.10 Å². The third-order valence-electron chi connectivity index (χ3n) is 8.27. The van der Waals surface area contributed by atoms with Gasteiger partial charge in [0.1, 0.15) is 13.2 Å². The fraction of sp³-hybridized carbons (Fsp3) is 0.700. The van der Waals surface area contributed by atoms with Gasteiger partial charge in [0, 0.05) is 12.0 Å². The van der Waals surface area contributed by atoms with E-state index in [2.05, 4.69) is 19.2 Å². The van der Waals surface area contributed by atoms with Gasteiger partial charge in [-0.2, -0.15) is 0 Å². The van der Waals surface area contributed by atoms with Crippen LogP contribution in [0.1, 0.15) is 77.2 Å². The van der Waals surface area contributed by atoms with E-state index in [0.29, 0.717) is 27.8 Å². The summed E-state index contributed by atoms with van der Waals surface area (Å²) in [6.07, 6.45) is 6.43. The van der Waals surface area contributed by atoms with E-state index in [1.165, 1.54) is 19.3 Å². The van der Waals surface area contributed by atoms with Gasteiger partial charge in [0.25, 0.3) is 0 Å². The van der Waals surface area contributed by atoms with Crippen LogP contribution in [0.15, 0.2) is 30.3 Å². The van der Waals surface area contributed by atoms with Crippen molar-refractivity contribution in [2.75, 3.05) is 27.7 Å². The summed E-state index contributed by atoms with van der Waals surface area (Å²) >= 11 is 0. The summed E-state index contributed by atoms with van der Waals surface area (Å²) in [5, 5.41) is 3.36. The molecular weight excluding hydrogens is 468 g/mol. The van der Waals surface area contributed by atoms with Crippen molar-refractivity contribution in [1.82, 2.24) is 5.32 Å². The minimum atomic E-state index is -0.609. The number of carbonyl (C=O) groups is 3. The van der Waals surface area contributed by atoms with Crippen molar-refractivity contribution in [1.29, 1.82) is 0 Å². The van der Waals surface area contributed by atoms with Crippen LogP contribution in [0.3, 0.4) is 0 Å². The van der Waals surface area contributed by atoms with Crippen molar-refractivity contribution in [3.05, 3.63) is 35.9 Å². The van der Waals surface area contributed by atoms with Gasteiger partial charge in [-0.25, -0.2) is 0 Å². The van der Waals surface area contributed by atoms with Crippen LogP contribution >= 0.6 is 0 Å². The molecule has 0 saturated heterocycles. The standard InChI is InChI=1S/C30H44N2O5/c1-28-14-23-15-29(2,19-28)21-30(16-23,20-28)31-25(33)11-12-26(34)37-24(17-32(3,4)5)13-27(35)36-18-22-9-7-6-8-10-22/h6-10,23-24H,11-21H2,1-5H3/p+1/t23?,24-,28-,29+,30?/m1/s1. The molecule has 1 aromatic carbocycles. The van der Waals surface area contributed by atoms with Crippen molar-refractivity contribution in [2.24, 2.45) is 16.7 Å². The molecule has 0 spiro atoms. The molecule has 7 heteroatoms. The highest BCUT2D eigenvalue weighted by molar-refractivity contribution is 5.82. The van der Waals surface area contributed by atoms with E-state index in [-0.39, 0.29) is 37.3 Å². The van der Waals surface area contributed by atoms with E-state index >= 15 is 0 Å². The Balaban J connectivity index is 1.26. The van der Waals surface area contributed by atoms with E-state index < -0.39 is 18.0 Å². The predicted molar refractivity (Wildman–Crippen MR) is 141 cm³/mol. The van der Waals surface area contributed by atoms with Crippen LogP contribution in [0.2, 0.25) is 0 Å². The first-order chi connectivity index (χ1) is 17.2. The van der Waals surface area contributed by atoms with Gasteiger partial charge in [-0.1, -0.05) is 44.2 Å². The quantitative estimate of drug-likeness (QED) is 0.351. The molecule has 37 heavy (non-hydrogen) atoms. The number of esters is 2. The number of likely N-dealkylation sites (N-methyl/N-ethyl adjacent to an activating group) is 1. The van der Waals surface area contributed by atoms with Crippen LogP contribution in [-0.4, -0.2) is 61.7 Å². The Morgan fingerprint density at radius 3 is 2.19 bits per heavy atom. The molecule has 4 aliphatic rings. The second-order valence-corrected chi connectivity index (χ2v) is 13.9. The predicted octanol–water partition coefficient (Wildman–Crippen LogP) is 4.38. The summed E-state index contributed by atoms with van der Waals surface area (Å²) in [6.45, 7) is 5.42. The Labute approximate surface area is 221 Å². The molecule has 0 radical (unpaired) electrons. The number of nitrogens with zero attached hydrogens (tertiary/aromatic N) is 1. The lowest BCUT2D eigenvalue weighted by Crippen LogP contribution is -2.65. The van der Waals surface area contributed by atoms with Crippen molar-refractivity contribution >= 4 is 17.8 Å². The number of hydrogen-bond donors (Lipinski definition) is 1. The number of hydrogen-bond acceptors (Lipinski definition) is 5. The third kappa shape index (κ3) is 7.56. The molecule has 1 aromatic rings. The molecule has 0 aromatic heterocycles. The number of ether oxygens (including phenoxy) is 2. The maximum absolute atomic E-state index is 13.0. The molecule has 204 valence electrons. The van der Waals surface area contributed by atoms with E-state index in [1.54, 1.807) is 0 Å². The van der Waals surface area contributed by atoms with Crippen molar-refractivity contribution < 1.29 is 28.3 Å². The monoisotopic (exact) mass is 513 g/mol. The zero-order valence-electron chi connectivity index (χ0n) is 23.3. The van der Waals surface area contributed by atoms with Gasteiger partial charge in [-0.05, 0) is 60.8 Å². The largest absolute Gasteiger partial charge is 0.461 e. The summed E-state index contributed by atoms with van der Waals surface area (Å²) < 4.78 is 11.6. The molecule has 4 aliphatic carbocycles. The van der Waals surface area contributed by atoms with Gasteiger partial charge in [-0.15, -0.1) is 0 Å². The van der Waals surface area contributed by atoms with Gasteiger partial charge in [0.2, 0.25) is 5.91 Å². The number of rotatable bonds is 11. The van der Waals surface area contributed by atoms with Gasteiger partial charge >= 0.3 is 11.9 Å². The molecule has 5 atom stereocenters. The molecule has 1 N–H and O–H groups in total. The number of nitrogens with one attached hydrogen (secondary N) is 1. The van der Waals surface area contributed by atoms with E-state index in [9.17, 15) is 14.4 Å². The number of amides is 1.